The molecule has 0 bridgehead atoms. The fourth-order valence-electron chi connectivity index (χ4n) is 0.0605. The number of nitrogens with zero attached hydrogens (tertiary/aromatic N) is 2. The van der Waals surface area contributed by atoms with E-state index in [1.54, 1.807) is 0 Å². The Morgan fingerprint density at radius 2 is 1.14 bits per heavy atom. The fourth-order valence-corrected chi connectivity index (χ4v) is 4.46. The average molecular weight is 347 g/mol. The van der Waals surface area contributed by atoms with Crippen LogP contribution in [0.2, 0.25) is 0 Å². The molecule has 0 aliphatic carbocycles. The molecule has 7 heteroatoms. The van der Waals surface area contributed by atoms with Crippen LogP contribution in [0.25, 0.3) is 0 Å². The van der Waals surface area contributed by atoms with Gasteiger partial charge in [-0.15, -0.1) is 0 Å². The zero-order chi connectivity index (χ0) is 5.86. The van der Waals surface area contributed by atoms with Gasteiger partial charge in [-0.05, 0) is 0 Å². The first-order chi connectivity index (χ1) is 3.13. The first kappa shape index (κ1) is 8.98. The van der Waals surface area contributed by atoms with E-state index in [0.29, 0.717) is 0 Å². The molecular formula is H4N2ReS4. The van der Waals surface area contributed by atoms with Gasteiger partial charge >= 0.3 is 74.4 Å². The van der Waals surface area contributed by atoms with Gasteiger partial charge in [0.05, 0.1) is 0 Å². The minimum absolute atomic E-state index is 0.704. The van der Waals surface area contributed by atoms with Crippen LogP contribution in [0.15, 0.2) is 0 Å². The van der Waals surface area contributed by atoms with Gasteiger partial charge in [0.1, 0.15) is 0 Å². The average Bonchev–Trinajstić information content (AvgIpc) is 1.27. The van der Waals surface area contributed by atoms with Crippen molar-refractivity contribution in [2.24, 2.45) is 0 Å². The molecule has 0 unspecified atom stereocenters. The van der Waals surface area contributed by atoms with Crippen LogP contribution in [0.4, 0.5) is 0 Å². The predicted molar refractivity (Wildman–Crippen MR) is 39.6 cm³/mol. The SMILES string of the molecule is S[N](S)[Re][N](S)S. The topological polar surface area (TPSA) is 6.48 Å². The van der Waals surface area contributed by atoms with Crippen molar-refractivity contribution < 1.29 is 18.5 Å². The van der Waals surface area contributed by atoms with Crippen LogP contribution in [0.1, 0.15) is 0 Å². The van der Waals surface area contributed by atoms with Crippen LogP contribution in [0, 0.1) is 0 Å². The second kappa shape index (κ2) is 4.82. The Balaban J connectivity index is 2.95. The van der Waals surface area contributed by atoms with E-state index in [4.69, 9.17) is 0 Å². The summed E-state index contributed by atoms with van der Waals surface area (Å²) < 4.78 is 3.03. The molecule has 0 rings (SSSR count). The van der Waals surface area contributed by atoms with Gasteiger partial charge in [-0.3, -0.25) is 0 Å². The molecule has 0 amide bonds. The van der Waals surface area contributed by atoms with Gasteiger partial charge < -0.3 is 0 Å². The second-order valence-corrected chi connectivity index (χ2v) is 9.65. The molecular weight excluding hydrogens is 342 g/mol. The Labute approximate surface area is 73.9 Å². The molecule has 0 spiro atoms. The maximum absolute atomic E-state index is 3.86. The number of rotatable bonds is 2. The molecule has 7 heavy (non-hydrogen) atoms. The zero-order valence-electron chi connectivity index (χ0n) is 3.06. The van der Waals surface area contributed by atoms with Crippen LogP contribution >= 0.6 is 51.3 Å². The van der Waals surface area contributed by atoms with Crippen molar-refractivity contribution in [1.82, 2.24) is 4.69 Å². The minimum atomic E-state index is -0.704. The van der Waals surface area contributed by atoms with E-state index in [1.807, 2.05) is 0 Å². The first-order valence-corrected chi connectivity index (χ1v) is 5.17. The summed E-state index contributed by atoms with van der Waals surface area (Å²) in [6.45, 7) is 0. The van der Waals surface area contributed by atoms with Gasteiger partial charge in [0.2, 0.25) is 0 Å². The van der Waals surface area contributed by atoms with Crippen LogP contribution in [-0.2, 0) is 18.5 Å². The van der Waals surface area contributed by atoms with Crippen molar-refractivity contribution in [2.75, 3.05) is 0 Å². The summed E-state index contributed by atoms with van der Waals surface area (Å²) in [6.07, 6.45) is 0. The summed E-state index contributed by atoms with van der Waals surface area (Å²) in [5.74, 6) is 0. The Morgan fingerprint density at radius 1 is 0.857 bits per heavy atom. The Morgan fingerprint density at radius 3 is 1.14 bits per heavy atom. The van der Waals surface area contributed by atoms with E-state index in [1.165, 1.54) is 4.69 Å². The predicted octanol–water partition coefficient (Wildman–Crippen LogP) is 0.882. The van der Waals surface area contributed by atoms with Crippen molar-refractivity contribution in [2.45, 2.75) is 0 Å². The molecule has 0 saturated carbocycles. The third-order valence-corrected chi connectivity index (χ3v) is 3.32. The summed E-state index contributed by atoms with van der Waals surface area (Å²) in [5.41, 5.74) is 0. The third kappa shape index (κ3) is 7.98. The number of hydrogen-bond donors (Lipinski definition) is 4. The molecule has 0 aliphatic rings. The first-order valence-electron chi connectivity index (χ1n) is 1.14. The van der Waals surface area contributed by atoms with Crippen molar-refractivity contribution in [3.8, 4) is 0 Å². The monoisotopic (exact) mass is 347 g/mol. The summed E-state index contributed by atoms with van der Waals surface area (Å²) >= 11 is 14.8. The normalized spacial score (nSPS) is 11.1. The zero-order valence-corrected chi connectivity index (χ0v) is 9.35. The summed E-state index contributed by atoms with van der Waals surface area (Å²) in [4.78, 5) is 0. The quantitative estimate of drug-likeness (QED) is 0.552. The molecule has 0 saturated heterocycles. The molecule has 0 aromatic carbocycles. The van der Waals surface area contributed by atoms with E-state index >= 15 is 0 Å². The Bertz CT molecular complexity index is 39.0. The second-order valence-electron chi connectivity index (χ2n) is 0.557. The molecule has 0 aromatic rings. The van der Waals surface area contributed by atoms with E-state index in [-0.39, 0.29) is 0 Å². The molecule has 0 aliphatic heterocycles. The van der Waals surface area contributed by atoms with Crippen molar-refractivity contribution in [1.29, 1.82) is 0 Å². The fraction of sp³-hybridized carbons (Fsp3) is 0. The maximum atomic E-state index is 3.86. The van der Waals surface area contributed by atoms with Crippen molar-refractivity contribution in [3.05, 3.63) is 0 Å². The number of thiol groups is 4. The molecule has 2 nitrogen and oxygen atoms in total. The summed E-state index contributed by atoms with van der Waals surface area (Å²) in [6, 6.07) is 0. The molecule has 0 N–H and O–H groups in total. The van der Waals surface area contributed by atoms with Gasteiger partial charge in [-0.25, -0.2) is 0 Å². The van der Waals surface area contributed by atoms with Crippen LogP contribution in [0.3, 0.4) is 0 Å². The molecule has 0 fully saturated rings. The van der Waals surface area contributed by atoms with Crippen molar-refractivity contribution >= 4 is 51.3 Å². The van der Waals surface area contributed by atoms with Crippen LogP contribution in [0.5, 0.6) is 0 Å². The Kier molecular flexibility index (Phi) is 6.19. The van der Waals surface area contributed by atoms with E-state index < -0.39 is 18.5 Å². The third-order valence-electron chi connectivity index (χ3n) is 0.135. The standard InChI is InChI=1S/2H2NS2.Re/c2*2-1-3;/h2*2-3H;/q2*-1;+2. The van der Waals surface area contributed by atoms with Gasteiger partial charge in [0, 0.05) is 0 Å². The van der Waals surface area contributed by atoms with E-state index in [2.05, 4.69) is 51.3 Å². The molecule has 45 valence electrons. The molecule has 0 atom stereocenters. The van der Waals surface area contributed by atoms with Gasteiger partial charge in [0.15, 0.2) is 0 Å². The molecule has 0 heterocycles. The van der Waals surface area contributed by atoms with E-state index in [0.717, 1.165) is 0 Å². The molecule has 0 aromatic heterocycles. The summed E-state index contributed by atoms with van der Waals surface area (Å²) in [5, 5.41) is 0. The molecule has 0 radical (unpaired) electrons. The summed E-state index contributed by atoms with van der Waals surface area (Å²) in [7, 11) is 0. The van der Waals surface area contributed by atoms with Crippen LogP contribution < -0.4 is 0 Å². The Hall–Kier alpha value is 1.98. The van der Waals surface area contributed by atoms with Gasteiger partial charge in [-0.2, -0.15) is 0 Å². The van der Waals surface area contributed by atoms with Crippen molar-refractivity contribution in [3.63, 3.8) is 0 Å². The van der Waals surface area contributed by atoms with Gasteiger partial charge in [0.25, 0.3) is 0 Å². The number of hydrogen-bond acceptors (Lipinski definition) is 6. The van der Waals surface area contributed by atoms with Crippen LogP contribution in [-0.4, -0.2) is 4.69 Å². The van der Waals surface area contributed by atoms with E-state index in [9.17, 15) is 0 Å². The van der Waals surface area contributed by atoms with Gasteiger partial charge in [-0.1, -0.05) is 0 Å².